The van der Waals surface area contributed by atoms with Gasteiger partial charge in [-0.3, -0.25) is 4.79 Å². The fourth-order valence-electron chi connectivity index (χ4n) is 1.69. The fourth-order valence-corrected chi connectivity index (χ4v) is 1.69. The van der Waals surface area contributed by atoms with E-state index in [4.69, 9.17) is 0 Å². The molecular weight excluding hydrogens is 240 g/mol. The molecule has 1 aliphatic rings. The van der Waals surface area contributed by atoms with E-state index in [-0.39, 0.29) is 23.8 Å². The summed E-state index contributed by atoms with van der Waals surface area (Å²) in [5, 5.41) is 15.4. The van der Waals surface area contributed by atoms with E-state index in [1.54, 1.807) is 0 Å². The monoisotopic (exact) mass is 262 g/mol. The first-order valence-electron chi connectivity index (χ1n) is 6.76. The van der Waals surface area contributed by atoms with Crippen LogP contribution < -0.4 is 10.6 Å². The summed E-state index contributed by atoms with van der Waals surface area (Å²) in [6.07, 6.45) is 2.02. The van der Waals surface area contributed by atoms with Gasteiger partial charge in [0.1, 0.15) is 0 Å². The first-order valence-corrected chi connectivity index (χ1v) is 6.76. The van der Waals surface area contributed by atoms with Crippen LogP contribution in [0.3, 0.4) is 0 Å². The van der Waals surface area contributed by atoms with Gasteiger partial charge in [-0.15, -0.1) is 0 Å². The molecule has 0 bridgehead atoms. The van der Waals surface area contributed by atoms with Crippen molar-refractivity contribution in [2.24, 2.45) is 11.3 Å². The van der Waals surface area contributed by atoms with Crippen molar-refractivity contribution < 1.29 is 9.90 Å². The summed E-state index contributed by atoms with van der Waals surface area (Å²) in [6, 6.07) is 7.69. The van der Waals surface area contributed by atoms with E-state index in [1.807, 2.05) is 38.1 Å². The van der Waals surface area contributed by atoms with Crippen molar-refractivity contribution in [1.29, 1.82) is 0 Å². The molecule has 0 heterocycles. The number of hydrogen-bond acceptors (Lipinski definition) is 3. The largest absolute Gasteiger partial charge is 0.396 e. The maximum atomic E-state index is 11.7. The van der Waals surface area contributed by atoms with Crippen LogP contribution in [0.2, 0.25) is 0 Å². The Kier molecular flexibility index (Phi) is 4.10. The number of nitrogens with one attached hydrogen (secondary N) is 2. The number of aliphatic hydroxyl groups excluding tert-OH is 1. The highest BCUT2D eigenvalue weighted by molar-refractivity contribution is 5.94. The lowest BCUT2D eigenvalue weighted by Crippen LogP contribution is -2.26. The molecule has 1 aromatic carbocycles. The molecule has 0 unspecified atom stereocenters. The number of carbonyl (C=O) groups excluding carboxylic acids is 1. The molecule has 0 aliphatic heterocycles. The minimum atomic E-state index is -0.159. The van der Waals surface area contributed by atoms with Gasteiger partial charge in [0.25, 0.3) is 0 Å². The van der Waals surface area contributed by atoms with Crippen molar-refractivity contribution in [3.05, 3.63) is 24.3 Å². The zero-order chi connectivity index (χ0) is 13.9. The molecule has 4 heteroatoms. The molecule has 2 rings (SSSR count). The average molecular weight is 262 g/mol. The van der Waals surface area contributed by atoms with Crippen molar-refractivity contribution in [2.45, 2.75) is 26.7 Å². The van der Waals surface area contributed by atoms with Crippen molar-refractivity contribution in [3.63, 3.8) is 0 Å². The predicted octanol–water partition coefficient (Wildman–Crippen LogP) is 2.47. The first kappa shape index (κ1) is 13.9. The molecule has 4 nitrogen and oxygen atoms in total. The van der Waals surface area contributed by atoms with E-state index in [9.17, 15) is 9.90 Å². The number of anilines is 2. The van der Waals surface area contributed by atoms with E-state index < -0.39 is 0 Å². The first-order chi connectivity index (χ1) is 9.00. The second-order valence-electron chi connectivity index (χ2n) is 6.02. The summed E-state index contributed by atoms with van der Waals surface area (Å²) in [7, 11) is 0. The SMILES string of the molecule is CC(C)(CO)CNc1cccc(NC(=O)C2CC2)c1. The summed E-state index contributed by atoms with van der Waals surface area (Å²) >= 11 is 0. The second-order valence-corrected chi connectivity index (χ2v) is 6.02. The van der Waals surface area contributed by atoms with Crippen molar-refractivity contribution in [2.75, 3.05) is 23.8 Å². The Morgan fingerprint density at radius 3 is 2.68 bits per heavy atom. The molecule has 3 N–H and O–H groups in total. The summed E-state index contributed by atoms with van der Waals surface area (Å²) in [4.78, 5) is 11.7. The van der Waals surface area contributed by atoms with Crippen molar-refractivity contribution >= 4 is 17.3 Å². The van der Waals surface area contributed by atoms with Crippen molar-refractivity contribution in [1.82, 2.24) is 0 Å². The van der Waals surface area contributed by atoms with Crippen LogP contribution in [-0.2, 0) is 4.79 Å². The average Bonchev–Trinajstić information content (AvgIpc) is 3.21. The van der Waals surface area contributed by atoms with Crippen LogP contribution in [0, 0.1) is 11.3 Å². The number of benzene rings is 1. The lowest BCUT2D eigenvalue weighted by molar-refractivity contribution is -0.117. The van der Waals surface area contributed by atoms with Crippen LogP contribution in [0.25, 0.3) is 0 Å². The van der Waals surface area contributed by atoms with E-state index in [0.29, 0.717) is 6.54 Å². The van der Waals surface area contributed by atoms with Gasteiger partial charge in [-0.25, -0.2) is 0 Å². The molecule has 1 aromatic rings. The minimum absolute atomic E-state index is 0.118. The van der Waals surface area contributed by atoms with E-state index in [1.165, 1.54) is 0 Å². The molecular formula is C15H22N2O2. The summed E-state index contributed by atoms with van der Waals surface area (Å²) in [6.45, 7) is 4.82. The molecule has 1 fully saturated rings. The van der Waals surface area contributed by atoms with Crippen LogP contribution in [0.15, 0.2) is 24.3 Å². The number of carbonyl (C=O) groups is 1. The highest BCUT2D eigenvalue weighted by Gasteiger charge is 2.29. The molecule has 0 atom stereocenters. The van der Waals surface area contributed by atoms with Crippen LogP contribution >= 0.6 is 0 Å². The zero-order valence-electron chi connectivity index (χ0n) is 11.6. The summed E-state index contributed by atoms with van der Waals surface area (Å²) in [5.74, 6) is 0.331. The Morgan fingerprint density at radius 1 is 1.37 bits per heavy atom. The maximum absolute atomic E-state index is 11.7. The van der Waals surface area contributed by atoms with Gasteiger partial charge in [0.2, 0.25) is 5.91 Å². The number of aliphatic hydroxyl groups is 1. The van der Waals surface area contributed by atoms with Gasteiger partial charge in [-0.1, -0.05) is 19.9 Å². The molecule has 104 valence electrons. The van der Waals surface area contributed by atoms with Crippen LogP contribution in [-0.4, -0.2) is 24.2 Å². The lowest BCUT2D eigenvalue weighted by Gasteiger charge is -2.22. The molecule has 0 radical (unpaired) electrons. The standard InChI is InChI=1S/C15H22N2O2/c1-15(2,10-18)9-16-12-4-3-5-13(8-12)17-14(19)11-6-7-11/h3-5,8,11,16,18H,6-7,9-10H2,1-2H3,(H,17,19). The number of hydrogen-bond donors (Lipinski definition) is 3. The zero-order valence-corrected chi connectivity index (χ0v) is 11.6. The Bertz CT molecular complexity index is 453. The van der Waals surface area contributed by atoms with Gasteiger partial charge in [-0.05, 0) is 31.0 Å². The molecule has 1 aliphatic carbocycles. The summed E-state index contributed by atoms with van der Waals surface area (Å²) < 4.78 is 0. The molecule has 0 saturated heterocycles. The van der Waals surface area contributed by atoms with Gasteiger partial charge in [0, 0.05) is 35.9 Å². The van der Waals surface area contributed by atoms with Crippen LogP contribution in [0.1, 0.15) is 26.7 Å². The molecule has 19 heavy (non-hydrogen) atoms. The number of rotatable bonds is 6. The van der Waals surface area contributed by atoms with Crippen molar-refractivity contribution in [3.8, 4) is 0 Å². The molecule has 1 amide bonds. The van der Waals surface area contributed by atoms with Crippen LogP contribution in [0.4, 0.5) is 11.4 Å². The van der Waals surface area contributed by atoms with E-state index >= 15 is 0 Å². The minimum Gasteiger partial charge on any atom is -0.396 e. The third-order valence-electron chi connectivity index (χ3n) is 3.28. The Morgan fingerprint density at radius 2 is 2.05 bits per heavy atom. The van der Waals surface area contributed by atoms with Gasteiger partial charge < -0.3 is 15.7 Å². The lowest BCUT2D eigenvalue weighted by atomic mass is 9.95. The van der Waals surface area contributed by atoms with Gasteiger partial charge >= 0.3 is 0 Å². The van der Waals surface area contributed by atoms with E-state index in [2.05, 4.69) is 10.6 Å². The third-order valence-corrected chi connectivity index (χ3v) is 3.28. The second kappa shape index (κ2) is 5.61. The topological polar surface area (TPSA) is 61.4 Å². The normalized spacial score (nSPS) is 15.1. The maximum Gasteiger partial charge on any atom is 0.227 e. The molecule has 0 aromatic heterocycles. The van der Waals surface area contributed by atoms with Gasteiger partial charge in [0.15, 0.2) is 0 Å². The van der Waals surface area contributed by atoms with Gasteiger partial charge in [-0.2, -0.15) is 0 Å². The highest BCUT2D eigenvalue weighted by atomic mass is 16.3. The van der Waals surface area contributed by atoms with Gasteiger partial charge in [0.05, 0.1) is 0 Å². The third kappa shape index (κ3) is 4.24. The Hall–Kier alpha value is -1.55. The van der Waals surface area contributed by atoms with Crippen LogP contribution in [0.5, 0.6) is 0 Å². The fraction of sp³-hybridized carbons (Fsp3) is 0.533. The Labute approximate surface area is 114 Å². The molecule has 1 saturated carbocycles. The smallest absolute Gasteiger partial charge is 0.227 e. The summed E-state index contributed by atoms with van der Waals surface area (Å²) in [5.41, 5.74) is 1.62. The van der Waals surface area contributed by atoms with E-state index in [0.717, 1.165) is 24.2 Å². The molecule has 0 spiro atoms. The number of amides is 1. The quantitative estimate of drug-likeness (QED) is 0.738. The Balaban J connectivity index is 1.92. The predicted molar refractivity (Wildman–Crippen MR) is 77.2 cm³/mol. The highest BCUT2D eigenvalue weighted by Crippen LogP contribution is 2.30.